The molecule has 6 nitrogen and oxygen atoms in total. The van der Waals surface area contributed by atoms with Gasteiger partial charge in [0.2, 0.25) is 5.09 Å². The van der Waals surface area contributed by atoms with Crippen LogP contribution in [0.15, 0.2) is 21.6 Å². The number of ether oxygens (including phenoxy) is 1. The summed E-state index contributed by atoms with van der Waals surface area (Å²) in [5.41, 5.74) is 0. The number of hydrogen-bond acceptors (Lipinski definition) is 5. The Labute approximate surface area is 114 Å². The molecule has 0 saturated carbocycles. The van der Waals surface area contributed by atoms with Gasteiger partial charge in [-0.15, -0.1) is 0 Å². The lowest BCUT2D eigenvalue weighted by molar-refractivity contribution is 0.198. The lowest BCUT2D eigenvalue weighted by Crippen LogP contribution is -2.31. The maximum Gasteiger partial charge on any atom is 0.274 e. The van der Waals surface area contributed by atoms with Crippen LogP contribution >= 0.6 is 0 Å². The Hall–Kier alpha value is -0.890. The predicted molar refractivity (Wildman–Crippen MR) is 72.4 cm³/mol. The standard InChI is InChI=1S/C12H22N2O4S/c1-4-10(2)14-19(15,16)12-6-5-11(18-12)9-13-7-8-17-3/h5-6,10,13-14H,4,7-9H2,1-3H3. The lowest BCUT2D eigenvalue weighted by atomic mass is 10.3. The van der Waals surface area contributed by atoms with E-state index < -0.39 is 10.0 Å². The molecule has 0 spiro atoms. The van der Waals surface area contributed by atoms with Crippen molar-refractivity contribution in [2.45, 2.75) is 37.9 Å². The van der Waals surface area contributed by atoms with Gasteiger partial charge in [0.1, 0.15) is 5.76 Å². The van der Waals surface area contributed by atoms with E-state index in [0.29, 0.717) is 25.5 Å². The van der Waals surface area contributed by atoms with Crippen LogP contribution in [0.25, 0.3) is 0 Å². The molecule has 0 radical (unpaired) electrons. The summed E-state index contributed by atoms with van der Waals surface area (Å²) in [6, 6.07) is 3.02. The molecule has 1 aromatic heterocycles. The Kier molecular flexibility index (Phi) is 6.50. The van der Waals surface area contributed by atoms with Gasteiger partial charge in [-0.25, -0.2) is 13.1 Å². The van der Waals surface area contributed by atoms with Crippen LogP contribution in [0.5, 0.6) is 0 Å². The van der Waals surface area contributed by atoms with Crippen LogP contribution in [0.4, 0.5) is 0 Å². The fraction of sp³-hybridized carbons (Fsp3) is 0.667. The van der Waals surface area contributed by atoms with Gasteiger partial charge in [0, 0.05) is 19.7 Å². The summed E-state index contributed by atoms with van der Waals surface area (Å²) in [7, 11) is -1.93. The van der Waals surface area contributed by atoms with Crippen molar-refractivity contribution in [3.8, 4) is 0 Å². The summed E-state index contributed by atoms with van der Waals surface area (Å²) < 4.78 is 36.7. The van der Waals surface area contributed by atoms with E-state index in [1.54, 1.807) is 13.2 Å². The number of rotatable bonds is 9. The Balaban J connectivity index is 2.58. The molecule has 1 atom stereocenters. The number of furan rings is 1. The third-order valence-corrected chi connectivity index (χ3v) is 4.11. The van der Waals surface area contributed by atoms with E-state index in [9.17, 15) is 8.42 Å². The molecule has 0 aromatic carbocycles. The molecule has 1 aromatic rings. The average Bonchev–Trinajstić information content (AvgIpc) is 2.83. The summed E-state index contributed by atoms with van der Waals surface area (Å²) in [4.78, 5) is 0. The van der Waals surface area contributed by atoms with Crippen LogP contribution in [0.2, 0.25) is 0 Å². The first kappa shape index (κ1) is 16.2. The molecule has 19 heavy (non-hydrogen) atoms. The molecule has 0 aliphatic heterocycles. The second-order valence-electron chi connectivity index (χ2n) is 4.32. The van der Waals surface area contributed by atoms with Crippen LogP contribution < -0.4 is 10.0 Å². The van der Waals surface area contributed by atoms with Crippen LogP contribution in [0, 0.1) is 0 Å². The Bertz CT molecular complexity index is 470. The second kappa shape index (κ2) is 7.64. The largest absolute Gasteiger partial charge is 0.447 e. The van der Waals surface area contributed by atoms with E-state index in [0.717, 1.165) is 6.42 Å². The first-order valence-corrected chi connectivity index (χ1v) is 7.78. The molecular formula is C12H22N2O4S. The fourth-order valence-electron chi connectivity index (χ4n) is 1.39. The zero-order chi connectivity index (χ0) is 14.3. The van der Waals surface area contributed by atoms with Crippen molar-refractivity contribution in [3.05, 3.63) is 17.9 Å². The van der Waals surface area contributed by atoms with Gasteiger partial charge in [-0.2, -0.15) is 0 Å². The summed E-state index contributed by atoms with van der Waals surface area (Å²) >= 11 is 0. The smallest absolute Gasteiger partial charge is 0.274 e. The van der Waals surface area contributed by atoms with Gasteiger partial charge >= 0.3 is 0 Å². The lowest BCUT2D eigenvalue weighted by Gasteiger charge is -2.09. The second-order valence-corrected chi connectivity index (χ2v) is 5.97. The number of hydrogen-bond donors (Lipinski definition) is 2. The van der Waals surface area contributed by atoms with Crippen molar-refractivity contribution in [1.82, 2.24) is 10.0 Å². The van der Waals surface area contributed by atoms with Crippen molar-refractivity contribution in [2.75, 3.05) is 20.3 Å². The van der Waals surface area contributed by atoms with Crippen molar-refractivity contribution in [2.24, 2.45) is 0 Å². The van der Waals surface area contributed by atoms with Crippen LogP contribution in [0.1, 0.15) is 26.0 Å². The molecule has 1 unspecified atom stereocenters. The maximum absolute atomic E-state index is 11.9. The van der Waals surface area contributed by atoms with Gasteiger partial charge in [-0.3, -0.25) is 0 Å². The van der Waals surface area contributed by atoms with Crippen LogP contribution in [-0.2, 0) is 21.3 Å². The van der Waals surface area contributed by atoms with Crippen molar-refractivity contribution in [1.29, 1.82) is 0 Å². The molecule has 0 fully saturated rings. The van der Waals surface area contributed by atoms with Gasteiger partial charge in [0.25, 0.3) is 10.0 Å². The molecule has 2 N–H and O–H groups in total. The van der Waals surface area contributed by atoms with Gasteiger partial charge in [-0.1, -0.05) is 6.92 Å². The minimum atomic E-state index is -3.56. The zero-order valence-electron chi connectivity index (χ0n) is 11.6. The van der Waals surface area contributed by atoms with Crippen molar-refractivity contribution >= 4 is 10.0 Å². The first-order chi connectivity index (χ1) is 8.99. The SMILES string of the molecule is CCC(C)NS(=O)(=O)c1ccc(CNCCOC)o1. The Morgan fingerprint density at radius 1 is 1.42 bits per heavy atom. The summed E-state index contributed by atoms with van der Waals surface area (Å²) in [5, 5.41) is 3.04. The molecule has 0 aliphatic carbocycles. The molecule has 0 saturated heterocycles. The van der Waals surface area contributed by atoms with E-state index in [2.05, 4.69) is 10.0 Å². The maximum atomic E-state index is 11.9. The van der Waals surface area contributed by atoms with Crippen molar-refractivity contribution in [3.63, 3.8) is 0 Å². The molecule has 110 valence electrons. The normalized spacial score (nSPS) is 13.6. The van der Waals surface area contributed by atoms with Crippen LogP contribution in [0.3, 0.4) is 0 Å². The third-order valence-electron chi connectivity index (χ3n) is 2.65. The quantitative estimate of drug-likeness (QED) is 0.666. The van der Waals surface area contributed by atoms with Gasteiger partial charge in [0.05, 0.1) is 13.2 Å². The highest BCUT2D eigenvalue weighted by molar-refractivity contribution is 7.89. The zero-order valence-corrected chi connectivity index (χ0v) is 12.4. The number of methoxy groups -OCH3 is 1. The van der Waals surface area contributed by atoms with E-state index in [1.165, 1.54) is 6.07 Å². The van der Waals surface area contributed by atoms with Gasteiger partial charge in [0.15, 0.2) is 0 Å². The van der Waals surface area contributed by atoms with Gasteiger partial charge < -0.3 is 14.5 Å². The first-order valence-electron chi connectivity index (χ1n) is 6.30. The minimum Gasteiger partial charge on any atom is -0.447 e. The molecule has 0 bridgehead atoms. The molecule has 1 rings (SSSR count). The number of sulfonamides is 1. The van der Waals surface area contributed by atoms with E-state index in [-0.39, 0.29) is 11.1 Å². The molecule has 0 amide bonds. The summed E-state index contributed by atoms with van der Waals surface area (Å²) in [6.07, 6.45) is 0.728. The number of nitrogens with one attached hydrogen (secondary N) is 2. The van der Waals surface area contributed by atoms with E-state index >= 15 is 0 Å². The highest BCUT2D eigenvalue weighted by Crippen LogP contribution is 2.14. The monoisotopic (exact) mass is 290 g/mol. The fourth-order valence-corrected chi connectivity index (χ4v) is 2.67. The molecule has 7 heteroatoms. The predicted octanol–water partition coefficient (Wildman–Crippen LogP) is 1.09. The Morgan fingerprint density at radius 2 is 2.16 bits per heavy atom. The summed E-state index contributed by atoms with van der Waals surface area (Å²) in [6.45, 7) is 5.49. The highest BCUT2D eigenvalue weighted by Gasteiger charge is 2.20. The van der Waals surface area contributed by atoms with E-state index in [4.69, 9.17) is 9.15 Å². The third kappa shape index (κ3) is 5.32. The topological polar surface area (TPSA) is 80.6 Å². The molecule has 1 heterocycles. The van der Waals surface area contributed by atoms with E-state index in [1.807, 2.05) is 13.8 Å². The highest BCUT2D eigenvalue weighted by atomic mass is 32.2. The Morgan fingerprint density at radius 3 is 2.79 bits per heavy atom. The molecule has 0 aliphatic rings. The average molecular weight is 290 g/mol. The minimum absolute atomic E-state index is 0.0451. The molecular weight excluding hydrogens is 268 g/mol. The van der Waals surface area contributed by atoms with Crippen molar-refractivity contribution < 1.29 is 17.6 Å². The van der Waals surface area contributed by atoms with Gasteiger partial charge in [-0.05, 0) is 25.5 Å². The summed E-state index contributed by atoms with van der Waals surface area (Å²) in [5.74, 6) is 0.584. The van der Waals surface area contributed by atoms with Crippen LogP contribution in [-0.4, -0.2) is 34.7 Å².